The van der Waals surface area contributed by atoms with Gasteiger partial charge in [-0.05, 0) is 29.7 Å². The topological polar surface area (TPSA) is 75.6 Å². The average Bonchev–Trinajstić information content (AvgIpc) is 2.82. The Balaban J connectivity index is 1.91. The molecule has 0 radical (unpaired) electrons. The van der Waals surface area contributed by atoms with Gasteiger partial charge in [0.2, 0.25) is 5.91 Å². The van der Waals surface area contributed by atoms with Gasteiger partial charge in [0.1, 0.15) is 5.76 Å². The maximum atomic E-state index is 13.0. The van der Waals surface area contributed by atoms with Crippen LogP contribution in [0.3, 0.4) is 0 Å². The summed E-state index contributed by atoms with van der Waals surface area (Å²) in [6, 6.07) is 19.1. The second kappa shape index (κ2) is 8.88. The molecule has 1 aliphatic rings. The Morgan fingerprint density at radius 1 is 1.10 bits per heavy atom. The van der Waals surface area contributed by atoms with E-state index in [1.165, 1.54) is 6.92 Å². The third kappa shape index (κ3) is 5.42. The van der Waals surface area contributed by atoms with Gasteiger partial charge >= 0.3 is 5.97 Å². The number of ether oxygens (including phenoxy) is 1. The lowest BCUT2D eigenvalue weighted by Crippen LogP contribution is -2.44. The molecule has 0 unspecified atom stereocenters. The Kier molecular flexibility index (Phi) is 6.29. The highest BCUT2D eigenvalue weighted by molar-refractivity contribution is 5.87. The lowest BCUT2D eigenvalue weighted by Gasteiger charge is -2.29. The fourth-order valence-corrected chi connectivity index (χ4v) is 3.41. The minimum Gasteiger partial charge on any atom is -0.431 e. The molecule has 0 bridgehead atoms. The highest BCUT2D eigenvalue weighted by Crippen LogP contribution is 2.35. The van der Waals surface area contributed by atoms with Gasteiger partial charge in [-0.2, -0.15) is 0 Å². The maximum absolute atomic E-state index is 13.0. The molecule has 0 fully saturated rings. The molecule has 0 heterocycles. The fraction of sp³-hybridized carbons (Fsp3) is 0.250. The number of benzene rings is 2. The number of carbonyl (C=O) groups is 2. The number of nitrogens with one attached hydrogen (secondary N) is 1. The molecule has 0 aliphatic heterocycles. The first kappa shape index (κ1) is 20.6. The van der Waals surface area contributed by atoms with Gasteiger partial charge < -0.3 is 15.2 Å². The SMILES string of the molecule is CC(=O)OC1=CC(c2ccccc2)=C[C@@H](C(=O)NCc2ccccc2)[C@@](C)(O)C1. The number of allylic oxidation sites excluding steroid dienone is 2. The van der Waals surface area contributed by atoms with Gasteiger partial charge in [-0.25, -0.2) is 0 Å². The number of rotatable bonds is 5. The normalized spacial score (nSPS) is 21.4. The van der Waals surface area contributed by atoms with E-state index in [0.717, 1.165) is 16.7 Å². The molecular weight excluding hydrogens is 366 g/mol. The minimum atomic E-state index is -1.42. The summed E-state index contributed by atoms with van der Waals surface area (Å²) in [7, 11) is 0. The Bertz CT molecular complexity index is 930. The predicted molar refractivity (Wildman–Crippen MR) is 111 cm³/mol. The van der Waals surface area contributed by atoms with Gasteiger partial charge in [0, 0.05) is 19.9 Å². The molecule has 2 N–H and O–H groups in total. The molecule has 0 spiro atoms. The Morgan fingerprint density at radius 3 is 2.34 bits per heavy atom. The minimum absolute atomic E-state index is 0.0445. The Morgan fingerprint density at radius 2 is 1.72 bits per heavy atom. The van der Waals surface area contributed by atoms with Crippen LogP contribution >= 0.6 is 0 Å². The molecule has 0 aromatic heterocycles. The second-order valence-electron chi connectivity index (χ2n) is 7.41. The van der Waals surface area contributed by atoms with Crippen LogP contribution in [0, 0.1) is 5.92 Å². The van der Waals surface area contributed by atoms with Crippen molar-refractivity contribution in [2.45, 2.75) is 32.4 Å². The first-order chi connectivity index (χ1) is 13.8. The van der Waals surface area contributed by atoms with Crippen LogP contribution in [0.15, 0.2) is 78.6 Å². The number of amides is 1. The first-order valence-electron chi connectivity index (χ1n) is 9.55. The smallest absolute Gasteiger partial charge is 0.307 e. The van der Waals surface area contributed by atoms with Gasteiger partial charge in [0.25, 0.3) is 0 Å². The van der Waals surface area contributed by atoms with E-state index < -0.39 is 17.5 Å². The molecule has 0 saturated heterocycles. The van der Waals surface area contributed by atoms with Crippen LogP contribution in [0.5, 0.6) is 0 Å². The standard InChI is InChI=1S/C24H25NO4/c1-17(26)29-21-13-20(19-11-7-4-8-12-19)14-22(24(2,28)15-21)23(27)25-16-18-9-5-3-6-10-18/h3-14,22,28H,15-16H2,1-2H3,(H,25,27)/t22-,24-/m0/s1. The van der Waals surface area contributed by atoms with Crippen molar-refractivity contribution < 1.29 is 19.4 Å². The van der Waals surface area contributed by atoms with Crippen molar-refractivity contribution >= 4 is 17.4 Å². The van der Waals surface area contributed by atoms with Gasteiger partial charge in [-0.3, -0.25) is 9.59 Å². The summed E-state index contributed by atoms with van der Waals surface area (Å²) in [5, 5.41) is 14.0. The molecule has 1 aliphatic carbocycles. The molecular formula is C24H25NO4. The van der Waals surface area contributed by atoms with Crippen LogP contribution in [0.4, 0.5) is 0 Å². The molecule has 3 rings (SSSR count). The first-order valence-corrected chi connectivity index (χ1v) is 9.55. The van der Waals surface area contributed by atoms with E-state index >= 15 is 0 Å². The van der Waals surface area contributed by atoms with Gasteiger partial charge in [-0.1, -0.05) is 66.7 Å². The van der Waals surface area contributed by atoms with Crippen LogP contribution in [-0.4, -0.2) is 22.6 Å². The molecule has 5 nitrogen and oxygen atoms in total. The van der Waals surface area contributed by atoms with E-state index in [9.17, 15) is 14.7 Å². The summed E-state index contributed by atoms with van der Waals surface area (Å²) >= 11 is 0. The van der Waals surface area contributed by atoms with Crippen molar-refractivity contribution in [3.05, 3.63) is 89.7 Å². The van der Waals surface area contributed by atoms with Crippen molar-refractivity contribution in [3.63, 3.8) is 0 Å². The molecule has 2 aromatic rings. The fourth-order valence-electron chi connectivity index (χ4n) is 3.41. The third-order valence-corrected chi connectivity index (χ3v) is 4.84. The molecule has 29 heavy (non-hydrogen) atoms. The van der Waals surface area contributed by atoms with E-state index in [-0.39, 0.29) is 12.3 Å². The van der Waals surface area contributed by atoms with Gasteiger partial charge in [0.15, 0.2) is 0 Å². The number of esters is 1. The van der Waals surface area contributed by atoms with E-state index in [0.29, 0.717) is 12.3 Å². The molecule has 5 heteroatoms. The second-order valence-corrected chi connectivity index (χ2v) is 7.41. The van der Waals surface area contributed by atoms with E-state index in [2.05, 4.69) is 5.32 Å². The Hall–Kier alpha value is -3.18. The van der Waals surface area contributed by atoms with E-state index in [4.69, 9.17) is 4.74 Å². The Labute approximate surface area is 170 Å². The lowest BCUT2D eigenvalue weighted by atomic mass is 9.84. The van der Waals surface area contributed by atoms with E-state index in [1.54, 1.807) is 19.1 Å². The number of hydrogen-bond acceptors (Lipinski definition) is 4. The van der Waals surface area contributed by atoms with Crippen LogP contribution in [-0.2, 0) is 20.9 Å². The zero-order valence-corrected chi connectivity index (χ0v) is 16.6. The summed E-state index contributed by atoms with van der Waals surface area (Å²) in [5.74, 6) is -1.24. The molecule has 2 aromatic carbocycles. The molecule has 2 atom stereocenters. The average molecular weight is 391 g/mol. The zero-order valence-electron chi connectivity index (χ0n) is 16.6. The van der Waals surface area contributed by atoms with Crippen LogP contribution in [0.1, 0.15) is 31.4 Å². The predicted octanol–water partition coefficient (Wildman–Crippen LogP) is 3.60. The van der Waals surface area contributed by atoms with Crippen molar-refractivity contribution in [1.29, 1.82) is 0 Å². The van der Waals surface area contributed by atoms with Crippen LogP contribution in [0.2, 0.25) is 0 Å². The highest BCUT2D eigenvalue weighted by Gasteiger charge is 2.39. The number of aliphatic hydroxyl groups is 1. The molecule has 0 saturated carbocycles. The monoisotopic (exact) mass is 391 g/mol. The largest absolute Gasteiger partial charge is 0.431 e. The zero-order chi connectivity index (χ0) is 20.9. The molecule has 150 valence electrons. The summed E-state index contributed by atoms with van der Waals surface area (Å²) in [5.41, 5.74) is 1.15. The van der Waals surface area contributed by atoms with Crippen molar-refractivity contribution in [3.8, 4) is 0 Å². The summed E-state index contributed by atoms with van der Waals surface area (Å²) in [4.78, 5) is 24.5. The van der Waals surface area contributed by atoms with Crippen molar-refractivity contribution in [1.82, 2.24) is 5.32 Å². The highest BCUT2D eigenvalue weighted by atomic mass is 16.5. The van der Waals surface area contributed by atoms with E-state index in [1.807, 2.05) is 60.7 Å². The number of hydrogen-bond donors (Lipinski definition) is 2. The summed E-state index contributed by atoms with van der Waals surface area (Å²) < 4.78 is 5.31. The third-order valence-electron chi connectivity index (χ3n) is 4.84. The molecule has 1 amide bonds. The number of carbonyl (C=O) groups excluding carboxylic acids is 2. The van der Waals surface area contributed by atoms with Crippen molar-refractivity contribution in [2.75, 3.05) is 0 Å². The van der Waals surface area contributed by atoms with Gasteiger partial charge in [0.05, 0.1) is 11.5 Å². The lowest BCUT2D eigenvalue weighted by molar-refractivity contribution is -0.138. The van der Waals surface area contributed by atoms with Crippen molar-refractivity contribution in [2.24, 2.45) is 5.92 Å². The maximum Gasteiger partial charge on any atom is 0.307 e. The summed E-state index contributed by atoms with van der Waals surface area (Å²) in [6.07, 6.45) is 3.50. The van der Waals surface area contributed by atoms with Gasteiger partial charge in [-0.15, -0.1) is 0 Å². The summed E-state index contributed by atoms with van der Waals surface area (Å²) in [6.45, 7) is 3.27. The van der Waals surface area contributed by atoms with Crippen LogP contribution < -0.4 is 5.32 Å². The quantitative estimate of drug-likeness (QED) is 0.764. The van der Waals surface area contributed by atoms with Crippen LogP contribution in [0.25, 0.3) is 5.57 Å².